The molecule has 0 radical (unpaired) electrons. The van der Waals surface area contributed by atoms with E-state index in [2.05, 4.69) is 16.0 Å². The Morgan fingerprint density at radius 1 is 1.17 bits per heavy atom. The predicted octanol–water partition coefficient (Wildman–Crippen LogP) is 2.64. The van der Waals surface area contributed by atoms with Crippen LogP contribution in [-0.2, 0) is 4.79 Å². The first-order chi connectivity index (χ1) is 11.8. The van der Waals surface area contributed by atoms with Crippen molar-refractivity contribution in [3.8, 4) is 5.75 Å². The molecule has 0 N–H and O–H groups in total. The Balaban J connectivity index is 1.50. The molecule has 1 aromatic heterocycles. The van der Waals surface area contributed by atoms with E-state index in [1.54, 1.807) is 0 Å². The van der Waals surface area contributed by atoms with Crippen molar-refractivity contribution in [1.82, 2.24) is 9.88 Å². The summed E-state index contributed by atoms with van der Waals surface area (Å²) in [4.78, 5) is 21.5. The van der Waals surface area contributed by atoms with Gasteiger partial charge >= 0.3 is 0 Å². The molecule has 0 spiro atoms. The maximum atomic E-state index is 12.9. The van der Waals surface area contributed by atoms with Gasteiger partial charge in [0.25, 0.3) is 0 Å². The van der Waals surface area contributed by atoms with Crippen molar-refractivity contribution < 1.29 is 9.53 Å². The second kappa shape index (κ2) is 6.61. The number of ether oxygens (including phenoxy) is 1. The summed E-state index contributed by atoms with van der Waals surface area (Å²) in [7, 11) is 0. The Labute approximate surface area is 141 Å². The Morgan fingerprint density at radius 3 is 2.92 bits per heavy atom. The number of aromatic nitrogens is 1. The molecule has 0 aliphatic carbocycles. The van der Waals surface area contributed by atoms with Crippen molar-refractivity contribution in [2.75, 3.05) is 31.1 Å². The lowest BCUT2D eigenvalue weighted by atomic mass is 10.1. The average Bonchev–Trinajstić information content (AvgIpc) is 3.10. The molecule has 0 bridgehead atoms. The highest BCUT2D eigenvalue weighted by Crippen LogP contribution is 2.33. The summed E-state index contributed by atoms with van der Waals surface area (Å²) in [6.07, 6.45) is 3.99. The number of carbonyl (C=O) groups excluding carboxylic acids is 1. The number of rotatable bonds is 3. The zero-order chi connectivity index (χ0) is 16.4. The lowest BCUT2D eigenvalue weighted by Gasteiger charge is -2.32. The minimum Gasteiger partial charge on any atom is -0.490 e. The van der Waals surface area contributed by atoms with Crippen LogP contribution in [-0.4, -0.2) is 42.0 Å². The first-order valence-corrected chi connectivity index (χ1v) is 8.50. The van der Waals surface area contributed by atoms with Crippen LogP contribution in [0.1, 0.15) is 24.6 Å². The van der Waals surface area contributed by atoms with Crippen LogP contribution >= 0.6 is 0 Å². The zero-order valence-corrected chi connectivity index (χ0v) is 13.6. The minimum absolute atomic E-state index is 0.133. The van der Waals surface area contributed by atoms with Crippen LogP contribution in [0.5, 0.6) is 5.75 Å². The van der Waals surface area contributed by atoms with Crippen molar-refractivity contribution in [2.45, 2.75) is 18.9 Å². The molecular weight excluding hydrogens is 302 g/mol. The topological polar surface area (TPSA) is 45.7 Å². The molecule has 2 aromatic rings. The van der Waals surface area contributed by atoms with E-state index in [1.165, 1.54) is 0 Å². The van der Waals surface area contributed by atoms with Crippen LogP contribution in [0.15, 0.2) is 48.7 Å². The van der Waals surface area contributed by atoms with Gasteiger partial charge in [-0.15, -0.1) is 0 Å². The number of hydrogen-bond acceptors (Lipinski definition) is 4. The fourth-order valence-corrected chi connectivity index (χ4v) is 3.61. The molecule has 5 nitrogen and oxygen atoms in total. The minimum atomic E-state index is 0.133. The largest absolute Gasteiger partial charge is 0.490 e. The van der Waals surface area contributed by atoms with E-state index < -0.39 is 0 Å². The van der Waals surface area contributed by atoms with Gasteiger partial charge in [0, 0.05) is 6.20 Å². The summed E-state index contributed by atoms with van der Waals surface area (Å²) in [5.41, 5.74) is 1.94. The maximum Gasteiger partial charge on any atom is 0.241 e. The fraction of sp³-hybridized carbons (Fsp3) is 0.368. The molecule has 1 fully saturated rings. The van der Waals surface area contributed by atoms with E-state index in [9.17, 15) is 4.79 Å². The molecule has 0 saturated carbocycles. The molecular formula is C19H21N3O2. The summed E-state index contributed by atoms with van der Waals surface area (Å²) in [6.45, 7) is 2.53. The van der Waals surface area contributed by atoms with Crippen molar-refractivity contribution in [3.63, 3.8) is 0 Å². The SMILES string of the molecule is O=C(CN1CCC[C@@H]1c1ccccn1)N1CCOc2ccccc21. The van der Waals surface area contributed by atoms with Crippen molar-refractivity contribution in [2.24, 2.45) is 0 Å². The number of pyridine rings is 1. The van der Waals surface area contributed by atoms with Crippen LogP contribution in [0.4, 0.5) is 5.69 Å². The van der Waals surface area contributed by atoms with Crippen molar-refractivity contribution in [1.29, 1.82) is 0 Å². The molecule has 1 aromatic carbocycles. The standard InChI is InChI=1S/C19H21N3O2/c23-19(22-12-13-24-18-9-2-1-7-17(18)22)14-21-11-5-8-16(21)15-6-3-4-10-20-15/h1-4,6-7,9-10,16H,5,8,11-14H2/t16-/m1/s1. The van der Waals surface area contributed by atoms with E-state index in [0.29, 0.717) is 19.7 Å². The molecule has 2 aliphatic heterocycles. The molecule has 4 rings (SSSR count). The summed E-state index contributed by atoms with van der Waals surface area (Å²) in [5.74, 6) is 0.924. The first-order valence-electron chi connectivity index (χ1n) is 8.50. The van der Waals surface area contributed by atoms with Crippen molar-refractivity contribution in [3.05, 3.63) is 54.4 Å². The second-order valence-corrected chi connectivity index (χ2v) is 6.24. The summed E-state index contributed by atoms with van der Waals surface area (Å²) >= 11 is 0. The van der Waals surface area contributed by atoms with E-state index >= 15 is 0 Å². The van der Waals surface area contributed by atoms with Gasteiger partial charge in [-0.25, -0.2) is 0 Å². The molecule has 24 heavy (non-hydrogen) atoms. The van der Waals surface area contributed by atoms with Gasteiger partial charge in [-0.3, -0.25) is 14.7 Å². The number of fused-ring (bicyclic) bond motifs is 1. The average molecular weight is 323 g/mol. The Hall–Kier alpha value is -2.40. The highest BCUT2D eigenvalue weighted by atomic mass is 16.5. The molecule has 1 atom stereocenters. The lowest BCUT2D eigenvalue weighted by molar-refractivity contribution is -0.120. The Morgan fingerprint density at radius 2 is 2.04 bits per heavy atom. The Bertz CT molecular complexity index is 720. The number of amides is 1. The number of benzene rings is 1. The normalized spacial score (nSPS) is 20.5. The molecule has 2 aliphatic rings. The molecule has 1 saturated heterocycles. The highest BCUT2D eigenvalue weighted by Gasteiger charge is 2.31. The quantitative estimate of drug-likeness (QED) is 0.871. The van der Waals surface area contributed by atoms with Crippen molar-refractivity contribution >= 4 is 11.6 Å². The van der Waals surface area contributed by atoms with Crippen LogP contribution in [0, 0.1) is 0 Å². The van der Waals surface area contributed by atoms with Gasteiger partial charge in [0.1, 0.15) is 12.4 Å². The lowest BCUT2D eigenvalue weighted by Crippen LogP contribution is -2.44. The molecule has 3 heterocycles. The van der Waals surface area contributed by atoms with Crippen LogP contribution < -0.4 is 9.64 Å². The van der Waals surface area contributed by atoms with Gasteiger partial charge < -0.3 is 9.64 Å². The smallest absolute Gasteiger partial charge is 0.241 e. The Kier molecular flexibility index (Phi) is 4.17. The van der Waals surface area contributed by atoms with E-state index in [1.807, 2.05) is 47.5 Å². The van der Waals surface area contributed by atoms with Gasteiger partial charge in [0.15, 0.2) is 0 Å². The van der Waals surface area contributed by atoms with E-state index in [-0.39, 0.29) is 11.9 Å². The van der Waals surface area contributed by atoms with Crippen LogP contribution in [0.25, 0.3) is 0 Å². The number of nitrogens with zero attached hydrogens (tertiary/aromatic N) is 3. The summed E-state index contributed by atoms with van der Waals surface area (Å²) < 4.78 is 5.65. The third-order valence-electron chi connectivity index (χ3n) is 4.76. The zero-order valence-electron chi connectivity index (χ0n) is 13.6. The van der Waals surface area contributed by atoms with Gasteiger partial charge in [-0.05, 0) is 43.7 Å². The van der Waals surface area contributed by atoms with Crippen LogP contribution in [0.2, 0.25) is 0 Å². The number of carbonyl (C=O) groups is 1. The molecule has 0 unspecified atom stereocenters. The molecule has 5 heteroatoms. The predicted molar refractivity (Wildman–Crippen MR) is 92.1 cm³/mol. The maximum absolute atomic E-state index is 12.9. The first kappa shape index (κ1) is 15.1. The monoisotopic (exact) mass is 323 g/mol. The number of anilines is 1. The molecule has 1 amide bonds. The third-order valence-corrected chi connectivity index (χ3v) is 4.76. The fourth-order valence-electron chi connectivity index (χ4n) is 3.61. The number of para-hydroxylation sites is 2. The third kappa shape index (κ3) is 2.87. The second-order valence-electron chi connectivity index (χ2n) is 6.24. The molecule has 124 valence electrons. The van der Waals surface area contributed by atoms with Gasteiger partial charge in [-0.2, -0.15) is 0 Å². The number of likely N-dealkylation sites (tertiary alicyclic amines) is 1. The van der Waals surface area contributed by atoms with E-state index in [0.717, 1.165) is 36.5 Å². The summed E-state index contributed by atoms with van der Waals surface area (Å²) in [6, 6.07) is 14.0. The van der Waals surface area contributed by atoms with E-state index in [4.69, 9.17) is 4.74 Å². The highest BCUT2D eigenvalue weighted by molar-refractivity contribution is 5.96. The van der Waals surface area contributed by atoms with Gasteiger partial charge in [0.05, 0.1) is 30.5 Å². The number of hydrogen-bond donors (Lipinski definition) is 0. The van der Waals surface area contributed by atoms with Gasteiger partial charge in [-0.1, -0.05) is 18.2 Å². The van der Waals surface area contributed by atoms with Crippen LogP contribution in [0.3, 0.4) is 0 Å². The van der Waals surface area contributed by atoms with Gasteiger partial charge in [0.2, 0.25) is 5.91 Å². The summed E-state index contributed by atoms with van der Waals surface area (Å²) in [5, 5.41) is 0.